The molecule has 0 atom stereocenters. The van der Waals surface area contributed by atoms with E-state index >= 15 is 0 Å². The highest BCUT2D eigenvalue weighted by Crippen LogP contribution is 2.09. The fourth-order valence-corrected chi connectivity index (χ4v) is 1.90. The van der Waals surface area contributed by atoms with Gasteiger partial charge in [-0.15, -0.1) is 0 Å². The first-order chi connectivity index (χ1) is 8.92. The highest BCUT2D eigenvalue weighted by Gasteiger charge is 2.19. The van der Waals surface area contributed by atoms with Crippen molar-refractivity contribution in [2.24, 2.45) is 5.16 Å². The second-order valence-corrected chi connectivity index (χ2v) is 6.41. The number of carbonyl (C=O) groups excluding carboxylic acids is 1. The SMILES string of the molecule is CO/N=C\C1=CCCN(C(=O)OCCS(C)(=O)=O)C1. The molecule has 1 aliphatic heterocycles. The molecular weight excluding hydrogens is 272 g/mol. The first kappa shape index (κ1) is 15.5. The molecule has 1 amide bonds. The van der Waals surface area contributed by atoms with E-state index in [0.29, 0.717) is 19.5 Å². The summed E-state index contributed by atoms with van der Waals surface area (Å²) in [5.74, 6) is -0.166. The highest BCUT2D eigenvalue weighted by molar-refractivity contribution is 7.90. The molecule has 1 aliphatic rings. The maximum absolute atomic E-state index is 11.7. The summed E-state index contributed by atoms with van der Waals surface area (Å²) in [7, 11) is -1.68. The van der Waals surface area contributed by atoms with Crippen molar-refractivity contribution in [3.8, 4) is 0 Å². The lowest BCUT2D eigenvalue weighted by atomic mass is 10.1. The van der Waals surface area contributed by atoms with Crippen molar-refractivity contribution in [3.63, 3.8) is 0 Å². The van der Waals surface area contributed by atoms with Gasteiger partial charge in [-0.25, -0.2) is 13.2 Å². The van der Waals surface area contributed by atoms with Gasteiger partial charge >= 0.3 is 6.09 Å². The van der Waals surface area contributed by atoms with Gasteiger partial charge in [-0.2, -0.15) is 0 Å². The molecule has 8 heteroatoms. The molecule has 0 spiro atoms. The zero-order valence-electron chi connectivity index (χ0n) is 11.0. The predicted octanol–water partition coefficient (Wildman–Crippen LogP) is 0.432. The van der Waals surface area contributed by atoms with E-state index in [-0.39, 0.29) is 12.4 Å². The second-order valence-electron chi connectivity index (χ2n) is 4.15. The molecule has 19 heavy (non-hydrogen) atoms. The van der Waals surface area contributed by atoms with Crippen LogP contribution in [0, 0.1) is 0 Å². The van der Waals surface area contributed by atoms with Gasteiger partial charge in [0, 0.05) is 12.8 Å². The van der Waals surface area contributed by atoms with Crippen LogP contribution in [0.25, 0.3) is 0 Å². The van der Waals surface area contributed by atoms with E-state index in [1.807, 2.05) is 6.08 Å². The largest absolute Gasteiger partial charge is 0.448 e. The van der Waals surface area contributed by atoms with Crippen LogP contribution in [-0.2, 0) is 19.4 Å². The highest BCUT2D eigenvalue weighted by atomic mass is 32.2. The molecule has 0 aliphatic carbocycles. The summed E-state index contributed by atoms with van der Waals surface area (Å²) < 4.78 is 26.7. The average molecular weight is 290 g/mol. The monoisotopic (exact) mass is 290 g/mol. The molecule has 0 bridgehead atoms. The minimum atomic E-state index is -3.12. The quantitative estimate of drug-likeness (QED) is 0.541. The van der Waals surface area contributed by atoms with Crippen LogP contribution in [0.3, 0.4) is 0 Å². The van der Waals surface area contributed by atoms with Gasteiger partial charge in [0.15, 0.2) is 9.84 Å². The number of ether oxygens (including phenoxy) is 1. The van der Waals surface area contributed by atoms with E-state index in [1.54, 1.807) is 0 Å². The topological polar surface area (TPSA) is 85.3 Å². The summed E-state index contributed by atoms with van der Waals surface area (Å²) in [4.78, 5) is 17.8. The lowest BCUT2D eigenvalue weighted by Gasteiger charge is -2.25. The van der Waals surface area contributed by atoms with Gasteiger partial charge in [0.05, 0.1) is 18.5 Å². The van der Waals surface area contributed by atoms with Gasteiger partial charge in [-0.3, -0.25) is 0 Å². The number of hydrogen-bond acceptors (Lipinski definition) is 6. The third-order valence-electron chi connectivity index (χ3n) is 2.44. The van der Waals surface area contributed by atoms with E-state index in [1.165, 1.54) is 18.2 Å². The lowest BCUT2D eigenvalue weighted by molar-refractivity contribution is 0.111. The Bertz CT molecular complexity index is 469. The lowest BCUT2D eigenvalue weighted by Crippen LogP contribution is -2.37. The van der Waals surface area contributed by atoms with E-state index in [0.717, 1.165) is 11.8 Å². The molecular formula is C11H18N2O5S. The van der Waals surface area contributed by atoms with Crippen molar-refractivity contribution >= 4 is 22.1 Å². The minimum absolute atomic E-state index is 0.126. The molecule has 0 saturated heterocycles. The predicted molar refractivity (Wildman–Crippen MR) is 70.8 cm³/mol. The normalized spacial score (nSPS) is 16.3. The zero-order valence-corrected chi connectivity index (χ0v) is 11.9. The van der Waals surface area contributed by atoms with Crippen molar-refractivity contribution in [3.05, 3.63) is 11.6 Å². The Hall–Kier alpha value is -1.57. The van der Waals surface area contributed by atoms with Gasteiger partial charge in [0.1, 0.15) is 13.7 Å². The molecule has 0 aromatic heterocycles. The first-order valence-corrected chi connectivity index (χ1v) is 7.83. The summed E-state index contributed by atoms with van der Waals surface area (Å²) in [6.45, 7) is 0.798. The van der Waals surface area contributed by atoms with Gasteiger partial charge in [-0.1, -0.05) is 11.2 Å². The minimum Gasteiger partial charge on any atom is -0.448 e. The number of amides is 1. The molecule has 108 valence electrons. The Morgan fingerprint density at radius 1 is 1.58 bits per heavy atom. The van der Waals surface area contributed by atoms with Gasteiger partial charge in [-0.05, 0) is 12.0 Å². The molecule has 0 aromatic carbocycles. The molecule has 0 fully saturated rings. The Kier molecular flexibility index (Phi) is 5.81. The van der Waals surface area contributed by atoms with E-state index in [4.69, 9.17) is 4.74 Å². The van der Waals surface area contributed by atoms with Crippen molar-refractivity contribution in [2.75, 3.05) is 38.8 Å². The van der Waals surface area contributed by atoms with E-state index in [2.05, 4.69) is 9.99 Å². The van der Waals surface area contributed by atoms with Crippen molar-refractivity contribution in [2.45, 2.75) is 6.42 Å². The summed E-state index contributed by atoms with van der Waals surface area (Å²) >= 11 is 0. The van der Waals surface area contributed by atoms with Crippen LogP contribution in [0.15, 0.2) is 16.8 Å². The Balaban J connectivity index is 2.42. The Morgan fingerprint density at radius 2 is 2.32 bits per heavy atom. The number of carbonyl (C=O) groups is 1. The van der Waals surface area contributed by atoms with Crippen LogP contribution in [0.5, 0.6) is 0 Å². The fraction of sp³-hybridized carbons (Fsp3) is 0.636. The number of sulfone groups is 1. The summed E-state index contributed by atoms with van der Waals surface area (Å²) in [5.41, 5.74) is 0.855. The maximum Gasteiger partial charge on any atom is 0.410 e. The van der Waals surface area contributed by atoms with Crippen LogP contribution >= 0.6 is 0 Å². The number of hydrogen-bond donors (Lipinski definition) is 0. The molecule has 0 aromatic rings. The number of nitrogens with zero attached hydrogens (tertiary/aromatic N) is 2. The van der Waals surface area contributed by atoms with Crippen molar-refractivity contribution in [1.82, 2.24) is 4.90 Å². The van der Waals surface area contributed by atoms with Crippen molar-refractivity contribution < 1.29 is 22.8 Å². The standard InChI is InChI=1S/C11H18N2O5S/c1-17-12-8-10-4-3-5-13(9-10)11(14)18-6-7-19(2,15)16/h4,8H,3,5-7,9H2,1-2H3/b12-8-. The summed E-state index contributed by atoms with van der Waals surface area (Å²) in [6, 6.07) is 0. The maximum atomic E-state index is 11.7. The van der Waals surface area contributed by atoms with Crippen LogP contribution in [-0.4, -0.2) is 64.4 Å². The van der Waals surface area contributed by atoms with E-state index < -0.39 is 15.9 Å². The molecule has 0 saturated carbocycles. The first-order valence-electron chi connectivity index (χ1n) is 5.77. The Morgan fingerprint density at radius 3 is 2.95 bits per heavy atom. The smallest absolute Gasteiger partial charge is 0.410 e. The van der Waals surface area contributed by atoms with Crippen LogP contribution in [0.1, 0.15) is 6.42 Å². The van der Waals surface area contributed by atoms with Gasteiger partial charge in [0.2, 0.25) is 0 Å². The van der Waals surface area contributed by atoms with Gasteiger partial charge in [0.25, 0.3) is 0 Å². The van der Waals surface area contributed by atoms with Crippen LogP contribution in [0.2, 0.25) is 0 Å². The van der Waals surface area contributed by atoms with Crippen molar-refractivity contribution in [1.29, 1.82) is 0 Å². The van der Waals surface area contributed by atoms with Crippen LogP contribution in [0.4, 0.5) is 4.79 Å². The molecule has 1 heterocycles. The molecule has 0 radical (unpaired) electrons. The van der Waals surface area contributed by atoms with Gasteiger partial charge < -0.3 is 14.5 Å². The molecule has 7 nitrogen and oxygen atoms in total. The third kappa shape index (κ3) is 6.23. The molecule has 0 unspecified atom stereocenters. The number of oxime groups is 1. The van der Waals surface area contributed by atoms with Crippen LogP contribution < -0.4 is 0 Å². The molecule has 1 rings (SSSR count). The average Bonchev–Trinajstić information content (AvgIpc) is 2.35. The van der Waals surface area contributed by atoms with E-state index in [9.17, 15) is 13.2 Å². The summed E-state index contributed by atoms with van der Waals surface area (Å²) in [6.07, 6.45) is 4.79. The number of rotatable bonds is 5. The summed E-state index contributed by atoms with van der Waals surface area (Å²) in [5, 5.41) is 3.63. The zero-order chi connectivity index (χ0) is 14.3. The molecule has 0 N–H and O–H groups in total. The fourth-order valence-electron chi connectivity index (χ4n) is 1.51. The third-order valence-corrected chi connectivity index (χ3v) is 3.35. The second kappa shape index (κ2) is 7.13. The Labute approximate surface area is 112 Å².